The number of sulfonamides is 1. The predicted molar refractivity (Wildman–Crippen MR) is 114 cm³/mol. The van der Waals surface area contributed by atoms with Crippen LogP contribution in [0.2, 0.25) is 0 Å². The van der Waals surface area contributed by atoms with E-state index < -0.39 is 10.0 Å². The number of anilines is 1. The molecule has 0 spiro atoms. The lowest BCUT2D eigenvalue weighted by atomic mass is 10.0. The van der Waals surface area contributed by atoms with E-state index in [1.807, 2.05) is 16.8 Å². The maximum absolute atomic E-state index is 12.8. The van der Waals surface area contributed by atoms with E-state index in [1.165, 1.54) is 17.5 Å². The normalized spacial score (nSPS) is 19.2. The molecular formula is C20H26N4O3S2. The van der Waals surface area contributed by atoms with Gasteiger partial charge in [-0.1, -0.05) is 6.42 Å². The first-order chi connectivity index (χ1) is 14.0. The van der Waals surface area contributed by atoms with Crippen molar-refractivity contribution in [3.63, 3.8) is 0 Å². The summed E-state index contributed by atoms with van der Waals surface area (Å²) < 4.78 is 27.1. The molecule has 2 fully saturated rings. The smallest absolute Gasteiger partial charge is 0.252 e. The summed E-state index contributed by atoms with van der Waals surface area (Å²) in [4.78, 5) is 19.0. The molecule has 0 radical (unpaired) electrons. The number of nitrogens with one attached hydrogen (secondary N) is 1. The van der Waals surface area contributed by atoms with Crippen molar-refractivity contribution in [2.24, 2.45) is 0 Å². The van der Waals surface area contributed by atoms with Crippen LogP contribution >= 0.6 is 11.3 Å². The largest absolute Gasteiger partial charge is 0.356 e. The molecule has 0 bridgehead atoms. The highest BCUT2D eigenvalue weighted by Gasteiger charge is 2.27. The van der Waals surface area contributed by atoms with Crippen LogP contribution < -0.4 is 10.2 Å². The van der Waals surface area contributed by atoms with Crippen molar-refractivity contribution in [3.05, 3.63) is 40.7 Å². The lowest BCUT2D eigenvalue weighted by Crippen LogP contribution is -2.44. The third-order valence-corrected chi connectivity index (χ3v) is 8.18. The van der Waals surface area contributed by atoms with Gasteiger partial charge >= 0.3 is 0 Å². The van der Waals surface area contributed by atoms with Crippen LogP contribution in [0.4, 0.5) is 5.82 Å². The summed E-state index contributed by atoms with van der Waals surface area (Å²) in [7, 11) is -3.45. The Morgan fingerprint density at radius 1 is 1.07 bits per heavy atom. The Bertz CT molecular complexity index is 915. The monoisotopic (exact) mass is 434 g/mol. The zero-order valence-electron chi connectivity index (χ0n) is 16.3. The van der Waals surface area contributed by atoms with E-state index in [-0.39, 0.29) is 16.8 Å². The van der Waals surface area contributed by atoms with Crippen molar-refractivity contribution < 1.29 is 13.2 Å². The van der Waals surface area contributed by atoms with E-state index in [4.69, 9.17) is 0 Å². The van der Waals surface area contributed by atoms with Crippen molar-refractivity contribution in [3.8, 4) is 0 Å². The van der Waals surface area contributed by atoms with Gasteiger partial charge in [-0.15, -0.1) is 0 Å². The summed E-state index contributed by atoms with van der Waals surface area (Å²) in [6.07, 6.45) is 6.08. The number of aromatic nitrogens is 1. The summed E-state index contributed by atoms with van der Waals surface area (Å²) in [6.45, 7) is 2.74. The lowest BCUT2D eigenvalue weighted by molar-refractivity contribution is 0.0931. The summed E-state index contributed by atoms with van der Waals surface area (Å²) in [5, 5.41) is 6.85. The van der Waals surface area contributed by atoms with Gasteiger partial charge in [0.05, 0.1) is 0 Å². The van der Waals surface area contributed by atoms with E-state index in [0.29, 0.717) is 18.7 Å². The Morgan fingerprint density at radius 3 is 2.45 bits per heavy atom. The molecule has 0 unspecified atom stereocenters. The zero-order chi connectivity index (χ0) is 20.3. The van der Waals surface area contributed by atoms with Crippen molar-refractivity contribution in [2.75, 3.05) is 31.1 Å². The Kier molecular flexibility index (Phi) is 6.17. The van der Waals surface area contributed by atoms with Gasteiger partial charge in [-0.3, -0.25) is 4.79 Å². The standard InChI is InChI=1S/C20H26N4O3S2/c25-20(16-8-13-28-15-16)22-17-6-11-23(12-7-17)19-5-4-18(14-21-19)29(26,27)24-9-2-1-3-10-24/h4-5,8,13-15,17H,1-3,6-7,9-12H2,(H,22,25). The van der Waals surface area contributed by atoms with Crippen LogP contribution in [-0.2, 0) is 10.0 Å². The molecule has 2 aromatic heterocycles. The first kappa shape index (κ1) is 20.3. The first-order valence-electron chi connectivity index (χ1n) is 10.1. The van der Waals surface area contributed by atoms with E-state index >= 15 is 0 Å². The third kappa shape index (κ3) is 4.62. The van der Waals surface area contributed by atoms with Gasteiger partial charge in [0.25, 0.3) is 5.91 Å². The molecule has 2 saturated heterocycles. The van der Waals surface area contributed by atoms with E-state index in [2.05, 4.69) is 15.2 Å². The van der Waals surface area contributed by atoms with Crippen LogP contribution in [0.15, 0.2) is 40.1 Å². The van der Waals surface area contributed by atoms with E-state index in [9.17, 15) is 13.2 Å². The Labute approximate surface area is 175 Å². The Hall–Kier alpha value is -1.97. The van der Waals surface area contributed by atoms with Crippen molar-refractivity contribution in [1.82, 2.24) is 14.6 Å². The number of carbonyl (C=O) groups is 1. The fraction of sp³-hybridized carbons (Fsp3) is 0.500. The number of carbonyl (C=O) groups excluding carboxylic acids is 1. The SMILES string of the molecule is O=C(NC1CCN(c2ccc(S(=O)(=O)N3CCCCC3)cn2)CC1)c1ccsc1. The molecule has 1 N–H and O–H groups in total. The third-order valence-electron chi connectivity index (χ3n) is 5.61. The molecule has 156 valence electrons. The number of amides is 1. The highest BCUT2D eigenvalue weighted by Crippen LogP contribution is 2.23. The van der Waals surface area contributed by atoms with Gasteiger partial charge in [0.2, 0.25) is 10.0 Å². The molecule has 9 heteroatoms. The Balaban J connectivity index is 1.34. The maximum Gasteiger partial charge on any atom is 0.252 e. The van der Waals surface area contributed by atoms with Crippen molar-refractivity contribution in [2.45, 2.75) is 43.0 Å². The van der Waals surface area contributed by atoms with Crippen LogP contribution in [0, 0.1) is 0 Å². The minimum Gasteiger partial charge on any atom is -0.356 e. The highest BCUT2D eigenvalue weighted by atomic mass is 32.2. The van der Waals surface area contributed by atoms with Crippen LogP contribution in [0.1, 0.15) is 42.5 Å². The molecule has 0 aliphatic carbocycles. The highest BCUT2D eigenvalue weighted by molar-refractivity contribution is 7.89. The molecule has 2 aliphatic heterocycles. The number of hydrogen-bond acceptors (Lipinski definition) is 6. The minimum atomic E-state index is -3.45. The second-order valence-electron chi connectivity index (χ2n) is 7.56. The number of nitrogens with zero attached hydrogens (tertiary/aromatic N) is 3. The van der Waals surface area contributed by atoms with Gasteiger partial charge < -0.3 is 10.2 Å². The molecule has 7 nitrogen and oxygen atoms in total. The van der Waals surface area contributed by atoms with Gasteiger partial charge in [0.1, 0.15) is 10.7 Å². The quantitative estimate of drug-likeness (QED) is 0.782. The molecule has 4 heterocycles. The maximum atomic E-state index is 12.8. The first-order valence-corrected chi connectivity index (χ1v) is 12.5. The summed E-state index contributed by atoms with van der Waals surface area (Å²) >= 11 is 1.52. The van der Waals surface area contributed by atoms with Gasteiger partial charge in [-0.2, -0.15) is 15.6 Å². The zero-order valence-corrected chi connectivity index (χ0v) is 17.9. The van der Waals surface area contributed by atoms with Gasteiger partial charge in [-0.05, 0) is 49.3 Å². The summed E-state index contributed by atoms with van der Waals surface area (Å²) in [5.74, 6) is 0.764. The van der Waals surface area contributed by atoms with E-state index in [1.54, 1.807) is 16.4 Å². The van der Waals surface area contributed by atoms with Gasteiger partial charge in [0.15, 0.2) is 0 Å². The van der Waals surface area contributed by atoms with Crippen LogP contribution in [0.3, 0.4) is 0 Å². The number of piperidine rings is 2. The molecule has 0 saturated carbocycles. The molecular weight excluding hydrogens is 408 g/mol. The number of thiophene rings is 1. The van der Waals surface area contributed by atoms with Crippen molar-refractivity contribution in [1.29, 1.82) is 0 Å². The molecule has 0 atom stereocenters. The topological polar surface area (TPSA) is 82.6 Å². The average molecular weight is 435 g/mol. The van der Waals surface area contributed by atoms with Gasteiger partial charge in [0, 0.05) is 49.4 Å². The fourth-order valence-corrected chi connectivity index (χ4v) is 5.98. The second kappa shape index (κ2) is 8.81. The van der Waals surface area contributed by atoms with Crippen LogP contribution in [-0.4, -0.2) is 55.8 Å². The lowest BCUT2D eigenvalue weighted by Gasteiger charge is -2.33. The van der Waals surface area contributed by atoms with Gasteiger partial charge in [-0.25, -0.2) is 13.4 Å². The molecule has 2 aliphatic rings. The van der Waals surface area contributed by atoms with E-state index in [0.717, 1.165) is 51.0 Å². The Morgan fingerprint density at radius 2 is 1.83 bits per heavy atom. The molecule has 29 heavy (non-hydrogen) atoms. The molecule has 2 aromatic rings. The molecule has 1 amide bonds. The van der Waals surface area contributed by atoms with Crippen LogP contribution in [0.5, 0.6) is 0 Å². The summed E-state index contributed by atoms with van der Waals surface area (Å²) in [5.41, 5.74) is 0.713. The second-order valence-corrected chi connectivity index (χ2v) is 10.3. The van der Waals surface area contributed by atoms with Crippen molar-refractivity contribution >= 4 is 33.1 Å². The molecule has 4 rings (SSSR count). The summed E-state index contributed by atoms with van der Waals surface area (Å²) in [6, 6.07) is 5.44. The van der Waals surface area contributed by atoms with Crippen LogP contribution in [0.25, 0.3) is 0 Å². The number of rotatable bonds is 5. The minimum absolute atomic E-state index is 0.0184. The number of pyridine rings is 1. The number of hydrogen-bond donors (Lipinski definition) is 1. The molecule has 0 aromatic carbocycles. The average Bonchev–Trinajstić information content (AvgIpc) is 3.30. The fourth-order valence-electron chi connectivity index (χ4n) is 3.88. The predicted octanol–water partition coefficient (Wildman–Crippen LogP) is 2.72.